The zero-order valence-electron chi connectivity index (χ0n) is 6.11. The van der Waals surface area contributed by atoms with Gasteiger partial charge in [-0.1, -0.05) is 13.3 Å². The summed E-state index contributed by atoms with van der Waals surface area (Å²) in [5.74, 6) is -1.19. The van der Waals surface area contributed by atoms with Crippen molar-refractivity contribution in [1.29, 1.82) is 0 Å². The summed E-state index contributed by atoms with van der Waals surface area (Å²) in [5.41, 5.74) is 1.70. The number of nitrogens with zero attached hydrogens (tertiary/aromatic N) is 1. The van der Waals surface area contributed by atoms with Gasteiger partial charge in [0, 0.05) is 0 Å². The molecule has 6 nitrogen and oxygen atoms in total. The Hall–Kier alpha value is -1.33. The Balaban J connectivity index is 3.89. The largest absolute Gasteiger partial charge is 0.480 e. The van der Waals surface area contributed by atoms with Gasteiger partial charge in [-0.25, -0.2) is 14.9 Å². The number of rotatable bonds is 5. The standard InChI is InChI=1S/C5H10N2O4/c1-2-3-4(5(8)9)6-7(10)11/h4,6H,2-3H2,1H3,(H,8,9)/t4-/m0/s1. The van der Waals surface area contributed by atoms with Crippen LogP contribution in [0.2, 0.25) is 0 Å². The highest BCUT2D eigenvalue weighted by Gasteiger charge is 2.20. The molecule has 0 radical (unpaired) electrons. The minimum absolute atomic E-state index is 0.260. The Morgan fingerprint density at radius 3 is 2.64 bits per heavy atom. The molecule has 0 aliphatic rings. The Morgan fingerprint density at radius 1 is 1.82 bits per heavy atom. The van der Waals surface area contributed by atoms with Crippen LogP contribution in [0.3, 0.4) is 0 Å². The average Bonchev–Trinajstić information content (AvgIpc) is 1.86. The van der Waals surface area contributed by atoms with Crippen molar-refractivity contribution >= 4 is 5.97 Å². The van der Waals surface area contributed by atoms with E-state index in [9.17, 15) is 14.9 Å². The predicted molar refractivity (Wildman–Crippen MR) is 36.5 cm³/mol. The molecule has 0 aromatic rings. The number of hydrogen-bond acceptors (Lipinski definition) is 3. The minimum Gasteiger partial charge on any atom is -0.480 e. The third-order valence-corrected chi connectivity index (χ3v) is 1.14. The number of nitro groups is 1. The highest BCUT2D eigenvalue weighted by molar-refractivity contribution is 5.73. The highest BCUT2D eigenvalue weighted by Crippen LogP contribution is 1.95. The molecule has 64 valence electrons. The molecule has 6 heteroatoms. The third-order valence-electron chi connectivity index (χ3n) is 1.14. The molecule has 0 saturated heterocycles. The van der Waals surface area contributed by atoms with Gasteiger partial charge in [0.05, 0.1) is 0 Å². The van der Waals surface area contributed by atoms with E-state index in [0.717, 1.165) is 0 Å². The van der Waals surface area contributed by atoms with Gasteiger partial charge in [-0.3, -0.25) is 0 Å². The van der Waals surface area contributed by atoms with Gasteiger partial charge in [0.2, 0.25) is 0 Å². The van der Waals surface area contributed by atoms with Gasteiger partial charge in [-0.2, -0.15) is 0 Å². The molecule has 0 spiro atoms. The second-order valence-corrected chi connectivity index (χ2v) is 2.07. The van der Waals surface area contributed by atoms with E-state index in [1.54, 1.807) is 12.3 Å². The number of carbonyl (C=O) groups is 1. The van der Waals surface area contributed by atoms with Crippen LogP contribution in [0, 0.1) is 10.1 Å². The first-order chi connectivity index (χ1) is 5.07. The smallest absolute Gasteiger partial charge is 0.332 e. The lowest BCUT2D eigenvalue weighted by molar-refractivity contribution is -0.549. The lowest BCUT2D eigenvalue weighted by Gasteiger charge is -2.05. The van der Waals surface area contributed by atoms with Crippen LogP contribution >= 0.6 is 0 Å². The molecule has 0 unspecified atom stereocenters. The van der Waals surface area contributed by atoms with Crippen LogP contribution in [0.15, 0.2) is 0 Å². The fourth-order valence-corrected chi connectivity index (χ4v) is 0.659. The lowest BCUT2D eigenvalue weighted by atomic mass is 10.2. The second-order valence-electron chi connectivity index (χ2n) is 2.07. The Kier molecular flexibility index (Phi) is 3.94. The van der Waals surface area contributed by atoms with E-state index in [1.165, 1.54) is 0 Å². The first-order valence-electron chi connectivity index (χ1n) is 3.21. The van der Waals surface area contributed by atoms with E-state index >= 15 is 0 Å². The summed E-state index contributed by atoms with van der Waals surface area (Å²) in [6.07, 6.45) is 0.855. The van der Waals surface area contributed by atoms with Crippen molar-refractivity contribution in [2.24, 2.45) is 0 Å². The number of aliphatic carboxylic acids is 1. The molecule has 0 fully saturated rings. The quantitative estimate of drug-likeness (QED) is 0.439. The van der Waals surface area contributed by atoms with Crippen LogP contribution in [0.25, 0.3) is 0 Å². The van der Waals surface area contributed by atoms with Crippen molar-refractivity contribution in [3.8, 4) is 0 Å². The second kappa shape index (κ2) is 4.48. The summed E-state index contributed by atoms with van der Waals surface area (Å²) in [5, 5.41) is 17.4. The maximum Gasteiger partial charge on any atom is 0.332 e. The van der Waals surface area contributed by atoms with Crippen molar-refractivity contribution in [1.82, 2.24) is 5.43 Å². The maximum atomic E-state index is 10.3. The SMILES string of the molecule is CCC[C@H](N[N+](=O)[O-])C(=O)O. The maximum absolute atomic E-state index is 10.3. The zero-order valence-corrected chi connectivity index (χ0v) is 6.11. The van der Waals surface area contributed by atoms with Crippen LogP contribution in [-0.4, -0.2) is 22.1 Å². The molecule has 0 aromatic carbocycles. The Labute approximate surface area is 63.3 Å². The number of carboxylic acid groups (broad SMARTS) is 1. The minimum atomic E-state index is -1.19. The molecule has 0 heterocycles. The lowest BCUT2D eigenvalue weighted by Crippen LogP contribution is -2.40. The van der Waals surface area contributed by atoms with E-state index in [2.05, 4.69) is 0 Å². The van der Waals surface area contributed by atoms with Gasteiger partial charge in [0.15, 0.2) is 11.1 Å². The summed E-state index contributed by atoms with van der Waals surface area (Å²) >= 11 is 0. The van der Waals surface area contributed by atoms with Crippen molar-refractivity contribution in [2.45, 2.75) is 25.8 Å². The Morgan fingerprint density at radius 2 is 2.36 bits per heavy atom. The number of nitrogens with one attached hydrogen (secondary N) is 1. The molecule has 0 aliphatic heterocycles. The van der Waals surface area contributed by atoms with Crippen molar-refractivity contribution < 1.29 is 14.9 Å². The van der Waals surface area contributed by atoms with Crippen LogP contribution < -0.4 is 5.43 Å². The molecule has 0 aromatic heterocycles. The number of hydrazine groups is 1. The molecule has 11 heavy (non-hydrogen) atoms. The molecule has 1 atom stereocenters. The zero-order chi connectivity index (χ0) is 8.85. The fraction of sp³-hybridized carbons (Fsp3) is 0.800. The molecule has 2 N–H and O–H groups in total. The first kappa shape index (κ1) is 9.67. The van der Waals surface area contributed by atoms with Crippen LogP contribution in [0.1, 0.15) is 19.8 Å². The molecule has 0 saturated carbocycles. The normalized spacial score (nSPS) is 12.1. The summed E-state index contributed by atoms with van der Waals surface area (Å²) in [7, 11) is 0. The fourth-order valence-electron chi connectivity index (χ4n) is 0.659. The van der Waals surface area contributed by atoms with E-state index in [-0.39, 0.29) is 6.42 Å². The van der Waals surface area contributed by atoms with Gasteiger partial charge >= 0.3 is 5.97 Å². The average molecular weight is 162 g/mol. The molecule has 0 aliphatic carbocycles. The molecular weight excluding hydrogens is 152 g/mol. The number of hydrogen-bond donors (Lipinski definition) is 2. The van der Waals surface area contributed by atoms with Crippen molar-refractivity contribution in [3.05, 3.63) is 10.1 Å². The van der Waals surface area contributed by atoms with E-state index in [1.807, 2.05) is 0 Å². The Bertz CT molecular complexity index is 159. The molecule has 0 amide bonds. The van der Waals surface area contributed by atoms with Gasteiger partial charge in [-0.15, -0.1) is 5.43 Å². The van der Waals surface area contributed by atoms with Gasteiger partial charge in [-0.05, 0) is 6.42 Å². The van der Waals surface area contributed by atoms with E-state index in [0.29, 0.717) is 6.42 Å². The van der Waals surface area contributed by atoms with Gasteiger partial charge in [0.25, 0.3) is 0 Å². The summed E-state index contributed by atoms with van der Waals surface area (Å²) in [6.45, 7) is 1.76. The summed E-state index contributed by atoms with van der Waals surface area (Å²) in [4.78, 5) is 20.1. The predicted octanol–water partition coefficient (Wildman–Crippen LogP) is 0.0210. The van der Waals surface area contributed by atoms with Crippen LogP contribution in [-0.2, 0) is 4.79 Å². The monoisotopic (exact) mass is 162 g/mol. The van der Waals surface area contributed by atoms with Crippen molar-refractivity contribution in [2.75, 3.05) is 0 Å². The van der Waals surface area contributed by atoms with Crippen LogP contribution in [0.4, 0.5) is 0 Å². The topological polar surface area (TPSA) is 92.5 Å². The van der Waals surface area contributed by atoms with Crippen LogP contribution in [0.5, 0.6) is 0 Å². The third kappa shape index (κ3) is 4.12. The number of carboxylic acids is 1. The molecule has 0 rings (SSSR count). The summed E-state index contributed by atoms with van der Waals surface area (Å²) in [6, 6.07) is -1.07. The summed E-state index contributed by atoms with van der Waals surface area (Å²) < 4.78 is 0. The van der Waals surface area contributed by atoms with Crippen molar-refractivity contribution in [3.63, 3.8) is 0 Å². The van der Waals surface area contributed by atoms with E-state index in [4.69, 9.17) is 5.11 Å². The molecule has 0 bridgehead atoms. The van der Waals surface area contributed by atoms with E-state index < -0.39 is 17.0 Å². The first-order valence-corrected chi connectivity index (χ1v) is 3.21. The van der Waals surface area contributed by atoms with Gasteiger partial charge < -0.3 is 5.11 Å². The van der Waals surface area contributed by atoms with Gasteiger partial charge in [0.1, 0.15) is 0 Å². The highest BCUT2D eigenvalue weighted by atomic mass is 16.7. The molecular formula is C5H10N2O4.